The van der Waals surface area contributed by atoms with Gasteiger partial charge in [0, 0.05) is 11.7 Å². The lowest BCUT2D eigenvalue weighted by Crippen LogP contribution is -2.37. The van der Waals surface area contributed by atoms with Crippen LogP contribution in [-0.2, 0) is 10.2 Å². The van der Waals surface area contributed by atoms with E-state index in [-0.39, 0.29) is 5.91 Å². The topological polar surface area (TPSA) is 46.3 Å². The van der Waals surface area contributed by atoms with Gasteiger partial charge in [-0.05, 0) is 44.4 Å². The molecule has 1 saturated carbocycles. The predicted octanol–water partition coefficient (Wildman–Crippen LogP) is 2.06. The fourth-order valence-electron chi connectivity index (χ4n) is 2.50. The van der Waals surface area contributed by atoms with Crippen molar-refractivity contribution in [2.75, 3.05) is 10.6 Å². The standard InChI is InChI=1S/C13H16N2O/c1-13(2)10-6-3-8(14)7-11(10)15(12(13)16)9-4-5-9/h3,6-7,9H,4-5,14H2,1-2H3. The average Bonchev–Trinajstić information content (AvgIpc) is 2.99. The zero-order valence-electron chi connectivity index (χ0n) is 9.66. The molecule has 1 aliphatic heterocycles. The third kappa shape index (κ3) is 1.11. The van der Waals surface area contributed by atoms with Crippen molar-refractivity contribution in [3.05, 3.63) is 23.8 Å². The van der Waals surface area contributed by atoms with Crippen LogP contribution in [0.4, 0.5) is 11.4 Å². The molecule has 0 spiro atoms. The van der Waals surface area contributed by atoms with Crippen molar-refractivity contribution in [2.45, 2.75) is 38.1 Å². The van der Waals surface area contributed by atoms with E-state index in [4.69, 9.17) is 5.73 Å². The van der Waals surface area contributed by atoms with Gasteiger partial charge in [0.25, 0.3) is 0 Å². The first-order valence-corrected chi connectivity index (χ1v) is 5.75. The number of hydrogen-bond donors (Lipinski definition) is 1. The van der Waals surface area contributed by atoms with Crippen LogP contribution in [0, 0.1) is 0 Å². The van der Waals surface area contributed by atoms with Gasteiger partial charge in [-0.3, -0.25) is 4.79 Å². The highest BCUT2D eigenvalue weighted by Gasteiger charge is 2.48. The Kier molecular flexibility index (Phi) is 1.69. The van der Waals surface area contributed by atoms with Crippen molar-refractivity contribution in [1.82, 2.24) is 0 Å². The van der Waals surface area contributed by atoms with Gasteiger partial charge in [0.1, 0.15) is 0 Å². The summed E-state index contributed by atoms with van der Waals surface area (Å²) in [5.74, 6) is 0.218. The van der Waals surface area contributed by atoms with Crippen LogP contribution < -0.4 is 10.6 Å². The van der Waals surface area contributed by atoms with E-state index in [0.717, 1.165) is 29.8 Å². The lowest BCUT2D eigenvalue weighted by atomic mass is 9.86. The van der Waals surface area contributed by atoms with Gasteiger partial charge in [-0.15, -0.1) is 0 Å². The van der Waals surface area contributed by atoms with E-state index in [0.29, 0.717) is 6.04 Å². The molecule has 0 unspecified atom stereocenters. The molecule has 0 atom stereocenters. The van der Waals surface area contributed by atoms with Gasteiger partial charge < -0.3 is 10.6 Å². The third-order valence-corrected chi connectivity index (χ3v) is 3.62. The number of amides is 1. The summed E-state index contributed by atoms with van der Waals surface area (Å²) in [5.41, 5.74) is 8.28. The van der Waals surface area contributed by atoms with E-state index in [1.807, 2.05) is 36.9 Å². The number of anilines is 2. The molecule has 1 fully saturated rings. The number of rotatable bonds is 1. The average molecular weight is 216 g/mol. The number of nitrogens with zero attached hydrogens (tertiary/aromatic N) is 1. The first-order valence-electron chi connectivity index (χ1n) is 5.75. The van der Waals surface area contributed by atoms with Gasteiger partial charge in [0.15, 0.2) is 0 Å². The fourth-order valence-corrected chi connectivity index (χ4v) is 2.50. The molecular weight excluding hydrogens is 200 g/mol. The number of carbonyl (C=O) groups excluding carboxylic acids is 1. The Hall–Kier alpha value is -1.51. The molecule has 1 aromatic rings. The van der Waals surface area contributed by atoms with Crippen LogP contribution in [0.2, 0.25) is 0 Å². The maximum Gasteiger partial charge on any atom is 0.237 e. The minimum Gasteiger partial charge on any atom is -0.399 e. The number of nitrogen functional groups attached to an aromatic ring is 1. The Balaban J connectivity index is 2.19. The summed E-state index contributed by atoms with van der Waals surface area (Å²) < 4.78 is 0. The molecule has 0 radical (unpaired) electrons. The second-order valence-corrected chi connectivity index (χ2v) is 5.31. The summed E-state index contributed by atoms with van der Waals surface area (Å²) in [7, 11) is 0. The first-order chi connectivity index (χ1) is 7.51. The minimum absolute atomic E-state index is 0.218. The molecule has 1 amide bonds. The first kappa shape index (κ1) is 9.70. The van der Waals surface area contributed by atoms with Crippen molar-refractivity contribution in [3.8, 4) is 0 Å². The van der Waals surface area contributed by atoms with E-state index in [1.165, 1.54) is 0 Å². The van der Waals surface area contributed by atoms with Crippen molar-refractivity contribution < 1.29 is 4.79 Å². The van der Waals surface area contributed by atoms with Crippen molar-refractivity contribution >= 4 is 17.3 Å². The quantitative estimate of drug-likeness (QED) is 0.730. The summed E-state index contributed by atoms with van der Waals surface area (Å²) in [6.07, 6.45) is 2.24. The normalized spacial score (nSPS) is 22.4. The number of nitrogens with two attached hydrogens (primary N) is 1. The van der Waals surface area contributed by atoms with Gasteiger partial charge in [0.2, 0.25) is 5.91 Å². The van der Waals surface area contributed by atoms with Crippen LogP contribution >= 0.6 is 0 Å². The molecule has 1 heterocycles. The van der Waals surface area contributed by atoms with Crippen LogP contribution in [0.15, 0.2) is 18.2 Å². The molecule has 1 aromatic carbocycles. The summed E-state index contributed by atoms with van der Waals surface area (Å²) in [6.45, 7) is 3.99. The highest BCUT2D eigenvalue weighted by Crippen LogP contribution is 2.47. The number of hydrogen-bond acceptors (Lipinski definition) is 2. The Morgan fingerprint density at radius 2 is 2.06 bits per heavy atom. The maximum atomic E-state index is 12.4. The lowest BCUT2D eigenvalue weighted by Gasteiger charge is -2.19. The predicted molar refractivity (Wildman–Crippen MR) is 64.4 cm³/mol. The molecule has 1 aliphatic carbocycles. The zero-order chi connectivity index (χ0) is 11.5. The summed E-state index contributed by atoms with van der Waals surface area (Å²) >= 11 is 0. The van der Waals surface area contributed by atoms with Crippen LogP contribution in [0.5, 0.6) is 0 Å². The van der Waals surface area contributed by atoms with E-state index in [9.17, 15) is 4.79 Å². The van der Waals surface area contributed by atoms with E-state index >= 15 is 0 Å². The van der Waals surface area contributed by atoms with Crippen LogP contribution in [-0.4, -0.2) is 11.9 Å². The zero-order valence-corrected chi connectivity index (χ0v) is 9.66. The highest BCUT2D eigenvalue weighted by atomic mass is 16.2. The maximum absolute atomic E-state index is 12.4. The molecule has 2 N–H and O–H groups in total. The molecule has 3 rings (SSSR count). The van der Waals surface area contributed by atoms with Crippen molar-refractivity contribution in [1.29, 1.82) is 0 Å². The molecule has 84 valence electrons. The molecule has 0 aromatic heterocycles. The van der Waals surface area contributed by atoms with Gasteiger partial charge in [-0.1, -0.05) is 6.07 Å². The Labute approximate surface area is 95.2 Å². The second-order valence-electron chi connectivity index (χ2n) is 5.31. The van der Waals surface area contributed by atoms with Gasteiger partial charge in [0.05, 0.1) is 11.1 Å². The largest absolute Gasteiger partial charge is 0.399 e. The fraction of sp³-hybridized carbons (Fsp3) is 0.462. The molecule has 3 heteroatoms. The number of fused-ring (bicyclic) bond motifs is 1. The van der Waals surface area contributed by atoms with E-state index < -0.39 is 5.41 Å². The SMILES string of the molecule is CC1(C)C(=O)N(C2CC2)c2cc(N)ccc21. The number of benzene rings is 1. The Morgan fingerprint density at radius 1 is 1.38 bits per heavy atom. The lowest BCUT2D eigenvalue weighted by molar-refractivity contribution is -0.122. The molecule has 0 bridgehead atoms. The molecule has 16 heavy (non-hydrogen) atoms. The minimum atomic E-state index is -0.397. The molecular formula is C13H16N2O. The van der Waals surface area contributed by atoms with Crippen molar-refractivity contribution in [2.24, 2.45) is 0 Å². The summed E-state index contributed by atoms with van der Waals surface area (Å²) in [4.78, 5) is 14.3. The molecule has 2 aliphatic rings. The van der Waals surface area contributed by atoms with E-state index in [1.54, 1.807) is 0 Å². The smallest absolute Gasteiger partial charge is 0.237 e. The summed E-state index contributed by atoms with van der Waals surface area (Å²) in [5, 5.41) is 0. The Bertz CT molecular complexity index is 475. The van der Waals surface area contributed by atoms with Crippen LogP contribution in [0.3, 0.4) is 0 Å². The van der Waals surface area contributed by atoms with Crippen LogP contribution in [0.1, 0.15) is 32.3 Å². The second kappa shape index (κ2) is 2.78. The van der Waals surface area contributed by atoms with Gasteiger partial charge in [-0.2, -0.15) is 0 Å². The van der Waals surface area contributed by atoms with Crippen molar-refractivity contribution in [3.63, 3.8) is 0 Å². The van der Waals surface area contributed by atoms with Crippen LogP contribution in [0.25, 0.3) is 0 Å². The molecule has 0 saturated heterocycles. The Morgan fingerprint density at radius 3 is 2.69 bits per heavy atom. The molecule has 3 nitrogen and oxygen atoms in total. The monoisotopic (exact) mass is 216 g/mol. The van der Waals surface area contributed by atoms with Gasteiger partial charge in [-0.25, -0.2) is 0 Å². The van der Waals surface area contributed by atoms with E-state index in [2.05, 4.69) is 0 Å². The third-order valence-electron chi connectivity index (χ3n) is 3.62. The highest BCUT2D eigenvalue weighted by molar-refractivity contribution is 6.08. The summed E-state index contributed by atoms with van der Waals surface area (Å²) in [6, 6.07) is 6.21. The van der Waals surface area contributed by atoms with Gasteiger partial charge >= 0.3 is 0 Å². The number of carbonyl (C=O) groups is 1.